The van der Waals surface area contributed by atoms with Gasteiger partial charge in [-0.05, 0) is 18.2 Å². The molecule has 1 aromatic carbocycles. The Balaban J connectivity index is 3.29. The number of hydrogen-bond donors (Lipinski definition) is 2. The second kappa shape index (κ2) is 4.35. The van der Waals surface area contributed by atoms with Gasteiger partial charge < -0.3 is 14.9 Å². The molecule has 0 bridgehead atoms. The molecule has 0 amide bonds. The maximum atomic E-state index is 12.4. The number of anilines is 1. The van der Waals surface area contributed by atoms with Crippen molar-refractivity contribution in [1.29, 1.82) is 0 Å². The van der Waals surface area contributed by atoms with Gasteiger partial charge in [0.25, 0.3) is 0 Å². The Morgan fingerprint density at radius 3 is 2.12 bits per heavy atom. The van der Waals surface area contributed by atoms with Crippen LogP contribution in [0.2, 0.25) is 0 Å². The largest absolute Gasteiger partial charge is 0.490 e. The third-order valence-corrected chi connectivity index (χ3v) is 2.11. The summed E-state index contributed by atoms with van der Waals surface area (Å²) >= 11 is 0. The van der Waals surface area contributed by atoms with Crippen molar-refractivity contribution in [2.24, 2.45) is 0 Å². The fraction of sp³-hybridized carbons (Fsp3) is 0.333. The first kappa shape index (κ1) is 12.9. The topological polar surface area (TPSA) is 43.7 Å². The lowest BCUT2D eigenvalue weighted by atomic mass is 9.78. The minimum Gasteiger partial charge on any atom is -0.423 e. The summed E-state index contributed by atoms with van der Waals surface area (Å²) in [6.45, 7) is 0. The normalized spacial score (nSPS) is 11.4. The van der Waals surface area contributed by atoms with Gasteiger partial charge in [-0.2, -0.15) is 13.2 Å². The van der Waals surface area contributed by atoms with Gasteiger partial charge in [0.1, 0.15) is 0 Å². The maximum Gasteiger partial charge on any atom is 0.490 e. The van der Waals surface area contributed by atoms with E-state index in [1.165, 1.54) is 11.0 Å². The van der Waals surface area contributed by atoms with E-state index in [0.717, 1.165) is 12.1 Å². The molecule has 1 aromatic rings. The van der Waals surface area contributed by atoms with E-state index in [1.807, 2.05) is 0 Å². The number of nitrogens with zero attached hydrogens (tertiary/aromatic N) is 1. The van der Waals surface area contributed by atoms with Gasteiger partial charge in [-0.25, -0.2) is 0 Å². The van der Waals surface area contributed by atoms with Crippen LogP contribution in [0.5, 0.6) is 0 Å². The van der Waals surface area contributed by atoms with Gasteiger partial charge in [-0.15, -0.1) is 0 Å². The van der Waals surface area contributed by atoms with E-state index in [4.69, 9.17) is 10.0 Å². The van der Waals surface area contributed by atoms with Crippen molar-refractivity contribution in [1.82, 2.24) is 0 Å². The molecule has 0 atom stereocenters. The van der Waals surface area contributed by atoms with Crippen LogP contribution in [0.4, 0.5) is 18.9 Å². The van der Waals surface area contributed by atoms with Crippen molar-refractivity contribution in [3.8, 4) is 0 Å². The van der Waals surface area contributed by atoms with Gasteiger partial charge in [-0.1, -0.05) is 0 Å². The molecule has 0 aliphatic heterocycles. The molecule has 0 radical (unpaired) electrons. The van der Waals surface area contributed by atoms with Crippen molar-refractivity contribution >= 4 is 18.3 Å². The highest BCUT2D eigenvalue weighted by molar-refractivity contribution is 6.60. The summed E-state index contributed by atoms with van der Waals surface area (Å²) in [5, 5.41) is 18.0. The van der Waals surface area contributed by atoms with E-state index in [-0.39, 0.29) is 5.46 Å². The molecule has 0 unspecified atom stereocenters. The zero-order valence-electron chi connectivity index (χ0n) is 8.78. The van der Waals surface area contributed by atoms with Crippen LogP contribution in [0.25, 0.3) is 0 Å². The molecule has 16 heavy (non-hydrogen) atoms. The van der Waals surface area contributed by atoms with Crippen molar-refractivity contribution < 1.29 is 23.2 Å². The second-order valence-corrected chi connectivity index (χ2v) is 3.54. The van der Waals surface area contributed by atoms with Crippen LogP contribution in [0.15, 0.2) is 18.2 Å². The van der Waals surface area contributed by atoms with E-state index in [0.29, 0.717) is 5.69 Å². The number of halogens is 3. The molecule has 0 fully saturated rings. The Morgan fingerprint density at radius 1 is 1.19 bits per heavy atom. The number of benzene rings is 1. The summed E-state index contributed by atoms with van der Waals surface area (Å²) in [5.41, 5.74) is -0.732. The molecule has 7 heteroatoms. The summed E-state index contributed by atoms with van der Waals surface area (Å²) < 4.78 is 37.2. The minimum atomic E-state index is -4.49. The van der Waals surface area contributed by atoms with E-state index < -0.39 is 18.9 Å². The molecule has 0 saturated heterocycles. The Kier molecular flexibility index (Phi) is 3.49. The molecular formula is C9H11BF3NO2. The highest BCUT2D eigenvalue weighted by Crippen LogP contribution is 2.29. The predicted octanol–water partition coefficient (Wildman–Crippen LogP) is 0.451. The summed E-state index contributed by atoms with van der Waals surface area (Å²) in [7, 11) is 1.28. The van der Waals surface area contributed by atoms with Gasteiger partial charge in [0.2, 0.25) is 0 Å². The highest BCUT2D eigenvalue weighted by atomic mass is 19.4. The molecule has 88 valence electrons. The zero-order valence-corrected chi connectivity index (χ0v) is 8.78. The molecule has 0 heterocycles. The highest BCUT2D eigenvalue weighted by Gasteiger charge is 2.32. The van der Waals surface area contributed by atoms with Crippen molar-refractivity contribution in [2.45, 2.75) is 6.18 Å². The van der Waals surface area contributed by atoms with Crippen LogP contribution in [0.3, 0.4) is 0 Å². The third-order valence-electron chi connectivity index (χ3n) is 2.11. The molecule has 2 N–H and O–H groups in total. The van der Waals surface area contributed by atoms with E-state index in [9.17, 15) is 13.2 Å². The fourth-order valence-electron chi connectivity index (χ4n) is 1.34. The Hall–Kier alpha value is -1.21. The van der Waals surface area contributed by atoms with Gasteiger partial charge in [0, 0.05) is 25.2 Å². The SMILES string of the molecule is CN(C)c1ccc(C(F)(F)F)cc1B(O)O. The van der Waals surface area contributed by atoms with Gasteiger partial charge in [-0.3, -0.25) is 0 Å². The molecule has 0 saturated carbocycles. The average molecular weight is 233 g/mol. The first-order chi connectivity index (χ1) is 7.23. The Morgan fingerprint density at radius 2 is 1.75 bits per heavy atom. The lowest BCUT2D eigenvalue weighted by molar-refractivity contribution is -0.137. The maximum absolute atomic E-state index is 12.4. The standard InChI is InChI=1S/C9H11BF3NO2/c1-14(2)8-4-3-6(9(11,12)13)5-7(8)10(15)16/h3-5,15-16H,1-2H3. The lowest BCUT2D eigenvalue weighted by Crippen LogP contribution is -2.35. The third kappa shape index (κ3) is 2.68. The molecule has 0 spiro atoms. The Labute approximate surface area is 91.3 Å². The summed E-state index contributed by atoms with van der Waals surface area (Å²) in [4.78, 5) is 1.51. The van der Waals surface area contributed by atoms with Crippen molar-refractivity contribution in [3.63, 3.8) is 0 Å². The number of alkyl halides is 3. The van der Waals surface area contributed by atoms with Crippen LogP contribution < -0.4 is 10.4 Å². The first-order valence-electron chi connectivity index (χ1n) is 4.48. The fourth-order valence-corrected chi connectivity index (χ4v) is 1.34. The Bertz CT molecular complexity index is 380. The predicted molar refractivity (Wildman–Crippen MR) is 55.6 cm³/mol. The van der Waals surface area contributed by atoms with Crippen molar-refractivity contribution in [2.75, 3.05) is 19.0 Å². The monoisotopic (exact) mass is 233 g/mol. The van der Waals surface area contributed by atoms with Crippen LogP contribution in [-0.2, 0) is 6.18 Å². The molecule has 0 aliphatic carbocycles. The van der Waals surface area contributed by atoms with Gasteiger partial charge in [0.05, 0.1) is 5.56 Å². The average Bonchev–Trinajstić information content (AvgIpc) is 2.15. The van der Waals surface area contributed by atoms with E-state index >= 15 is 0 Å². The molecular weight excluding hydrogens is 222 g/mol. The molecule has 1 rings (SSSR count). The summed E-state index contributed by atoms with van der Waals surface area (Å²) in [5.74, 6) is 0. The first-order valence-corrected chi connectivity index (χ1v) is 4.48. The second-order valence-electron chi connectivity index (χ2n) is 3.54. The molecule has 0 aliphatic rings. The lowest BCUT2D eigenvalue weighted by Gasteiger charge is -2.18. The minimum absolute atomic E-state index is 0.167. The van der Waals surface area contributed by atoms with E-state index in [2.05, 4.69) is 0 Å². The van der Waals surface area contributed by atoms with Crippen LogP contribution in [0, 0.1) is 0 Å². The summed E-state index contributed by atoms with van der Waals surface area (Å²) in [6, 6.07) is 2.85. The quantitative estimate of drug-likeness (QED) is 0.729. The van der Waals surface area contributed by atoms with Crippen molar-refractivity contribution in [3.05, 3.63) is 23.8 Å². The molecule has 0 aromatic heterocycles. The van der Waals surface area contributed by atoms with Crippen LogP contribution in [0.1, 0.15) is 5.56 Å². The summed E-state index contributed by atoms with van der Waals surface area (Å²) in [6.07, 6.45) is -4.49. The molecule has 3 nitrogen and oxygen atoms in total. The van der Waals surface area contributed by atoms with E-state index in [1.54, 1.807) is 14.1 Å². The smallest absolute Gasteiger partial charge is 0.423 e. The van der Waals surface area contributed by atoms with Crippen LogP contribution >= 0.6 is 0 Å². The number of hydrogen-bond acceptors (Lipinski definition) is 3. The number of rotatable bonds is 2. The van der Waals surface area contributed by atoms with Crippen LogP contribution in [-0.4, -0.2) is 31.3 Å². The zero-order chi connectivity index (χ0) is 12.5. The van der Waals surface area contributed by atoms with Gasteiger partial charge in [0.15, 0.2) is 0 Å². The van der Waals surface area contributed by atoms with Gasteiger partial charge >= 0.3 is 13.3 Å².